The van der Waals surface area contributed by atoms with Crippen LogP contribution in [0.25, 0.3) is 0 Å². The molecule has 1 aliphatic heterocycles. The number of nitrogens with zero attached hydrogens (tertiary/aromatic N) is 1. The van der Waals surface area contributed by atoms with E-state index in [4.69, 9.17) is 0 Å². The van der Waals surface area contributed by atoms with E-state index >= 15 is 0 Å². The molecule has 0 radical (unpaired) electrons. The summed E-state index contributed by atoms with van der Waals surface area (Å²) in [5, 5.41) is 3.02. The van der Waals surface area contributed by atoms with E-state index in [-0.39, 0.29) is 23.8 Å². The molecule has 1 N–H and O–H groups in total. The van der Waals surface area contributed by atoms with E-state index < -0.39 is 11.0 Å². The average Bonchev–Trinajstić information content (AvgIpc) is 2.45. The Kier molecular flexibility index (Phi) is 4.69. The third-order valence-corrected chi connectivity index (χ3v) is 5.15. The maximum atomic E-state index is 13.1. The molecule has 0 bridgehead atoms. The Bertz CT molecular complexity index is 472. The van der Waals surface area contributed by atoms with Crippen LogP contribution in [0.15, 0.2) is 12.3 Å². The molecule has 1 heterocycles. The molecule has 2 aliphatic rings. The molecule has 4 nitrogen and oxygen atoms in total. The van der Waals surface area contributed by atoms with Crippen molar-refractivity contribution < 1.29 is 9.59 Å². The van der Waals surface area contributed by atoms with Crippen LogP contribution < -0.4 is 5.32 Å². The Morgan fingerprint density at radius 3 is 2.41 bits per heavy atom. The Morgan fingerprint density at radius 2 is 1.86 bits per heavy atom. The Hall–Kier alpha value is -1.32. The van der Waals surface area contributed by atoms with Crippen LogP contribution in [0.3, 0.4) is 0 Å². The molecule has 0 saturated heterocycles. The normalized spacial score (nSPS) is 30.5. The molecule has 2 amide bonds. The molecule has 1 saturated carbocycles. The second-order valence-corrected chi connectivity index (χ2v) is 8.04. The van der Waals surface area contributed by atoms with Gasteiger partial charge in [0.05, 0.1) is 0 Å². The zero-order valence-corrected chi connectivity index (χ0v) is 14.6. The molecule has 2 rings (SSSR count). The van der Waals surface area contributed by atoms with E-state index in [2.05, 4.69) is 11.4 Å². The summed E-state index contributed by atoms with van der Waals surface area (Å²) in [5.74, 6) is -0.0489. The molecule has 4 heteroatoms. The fraction of sp³-hybridized carbons (Fsp3) is 0.778. The molecular weight excluding hydrogens is 276 g/mol. The van der Waals surface area contributed by atoms with Crippen molar-refractivity contribution in [2.45, 2.75) is 78.3 Å². The second kappa shape index (κ2) is 6.05. The summed E-state index contributed by atoms with van der Waals surface area (Å²) in [5.41, 5.74) is -1.35. The Balaban J connectivity index is 2.21. The average molecular weight is 306 g/mol. The summed E-state index contributed by atoms with van der Waals surface area (Å²) in [4.78, 5) is 27.4. The van der Waals surface area contributed by atoms with Gasteiger partial charge in [-0.3, -0.25) is 9.59 Å². The maximum Gasteiger partial charge on any atom is 0.252 e. The highest BCUT2D eigenvalue weighted by Crippen LogP contribution is 2.32. The van der Waals surface area contributed by atoms with Crippen LogP contribution in [0, 0.1) is 11.3 Å². The lowest BCUT2D eigenvalue weighted by molar-refractivity contribution is -0.145. The fourth-order valence-electron chi connectivity index (χ4n) is 3.18. The van der Waals surface area contributed by atoms with Gasteiger partial charge in [0, 0.05) is 23.6 Å². The maximum absolute atomic E-state index is 13.1. The Morgan fingerprint density at radius 1 is 1.27 bits per heavy atom. The molecule has 2 atom stereocenters. The standard InChI is InChI=1S/C18H30N2O2/c1-13-11-12-20(14-9-7-6-8-10-14)16(22)18(13,5)19-15(21)17(2,3)4/h11-14H,6-10H2,1-5H3,(H,19,21). The number of nitrogens with one attached hydrogen (secondary N) is 1. The van der Waals surface area contributed by atoms with Gasteiger partial charge in [0.25, 0.3) is 5.91 Å². The largest absolute Gasteiger partial charge is 0.341 e. The summed E-state index contributed by atoms with van der Waals surface area (Å²) in [6.07, 6.45) is 9.75. The van der Waals surface area contributed by atoms with E-state index in [0.717, 1.165) is 12.8 Å². The van der Waals surface area contributed by atoms with E-state index in [0.29, 0.717) is 0 Å². The van der Waals surface area contributed by atoms with Crippen molar-refractivity contribution in [3.8, 4) is 0 Å². The Labute approximate surface area is 134 Å². The molecule has 0 aromatic rings. The predicted molar refractivity (Wildman–Crippen MR) is 88.0 cm³/mol. The van der Waals surface area contributed by atoms with Crippen LogP contribution in [0.5, 0.6) is 0 Å². The summed E-state index contributed by atoms with van der Waals surface area (Å²) in [7, 11) is 0. The molecule has 22 heavy (non-hydrogen) atoms. The third kappa shape index (κ3) is 3.21. The number of hydrogen-bond donors (Lipinski definition) is 1. The van der Waals surface area contributed by atoms with Gasteiger partial charge in [0.1, 0.15) is 5.54 Å². The first-order chi connectivity index (χ1) is 10.2. The fourth-order valence-corrected chi connectivity index (χ4v) is 3.18. The van der Waals surface area contributed by atoms with Crippen LogP contribution in [0.1, 0.15) is 66.7 Å². The quantitative estimate of drug-likeness (QED) is 0.851. The summed E-state index contributed by atoms with van der Waals surface area (Å²) in [6, 6.07) is 0.288. The van der Waals surface area contributed by atoms with Crippen molar-refractivity contribution in [2.75, 3.05) is 0 Å². The monoisotopic (exact) mass is 306 g/mol. The number of carbonyl (C=O) groups is 2. The van der Waals surface area contributed by atoms with Crippen LogP contribution in [0.2, 0.25) is 0 Å². The van der Waals surface area contributed by atoms with Gasteiger partial charge >= 0.3 is 0 Å². The summed E-state index contributed by atoms with van der Waals surface area (Å²) >= 11 is 0. The van der Waals surface area contributed by atoms with Crippen molar-refractivity contribution in [2.24, 2.45) is 11.3 Å². The molecule has 0 aromatic heterocycles. The number of amides is 2. The van der Waals surface area contributed by atoms with Crippen LogP contribution in [0.4, 0.5) is 0 Å². The molecule has 124 valence electrons. The number of rotatable bonds is 2. The van der Waals surface area contributed by atoms with E-state index in [1.165, 1.54) is 19.3 Å². The van der Waals surface area contributed by atoms with Gasteiger partial charge in [0.2, 0.25) is 5.91 Å². The van der Waals surface area contributed by atoms with Gasteiger partial charge in [-0.25, -0.2) is 0 Å². The van der Waals surface area contributed by atoms with Gasteiger partial charge in [0.15, 0.2) is 0 Å². The first kappa shape index (κ1) is 17.0. The lowest BCUT2D eigenvalue weighted by Gasteiger charge is -2.45. The van der Waals surface area contributed by atoms with Crippen LogP contribution in [-0.4, -0.2) is 28.3 Å². The van der Waals surface area contributed by atoms with E-state index in [1.54, 1.807) is 0 Å². The van der Waals surface area contributed by atoms with Crippen LogP contribution >= 0.6 is 0 Å². The number of hydrogen-bond acceptors (Lipinski definition) is 2. The highest BCUT2D eigenvalue weighted by Gasteiger charge is 2.46. The molecule has 0 aromatic carbocycles. The smallest absolute Gasteiger partial charge is 0.252 e. The summed E-state index contributed by atoms with van der Waals surface area (Å²) < 4.78 is 0. The molecule has 2 unspecified atom stereocenters. The molecule has 1 fully saturated rings. The molecular formula is C18H30N2O2. The van der Waals surface area contributed by atoms with Crippen molar-refractivity contribution >= 4 is 11.8 Å². The van der Waals surface area contributed by atoms with Crippen molar-refractivity contribution in [1.29, 1.82) is 0 Å². The van der Waals surface area contributed by atoms with E-state index in [1.807, 2.05) is 45.7 Å². The van der Waals surface area contributed by atoms with Gasteiger partial charge in [-0.05, 0) is 19.8 Å². The van der Waals surface area contributed by atoms with E-state index in [9.17, 15) is 9.59 Å². The topological polar surface area (TPSA) is 49.4 Å². The first-order valence-corrected chi connectivity index (χ1v) is 8.50. The second-order valence-electron chi connectivity index (χ2n) is 8.04. The zero-order valence-electron chi connectivity index (χ0n) is 14.6. The lowest BCUT2D eigenvalue weighted by atomic mass is 9.80. The minimum Gasteiger partial charge on any atom is -0.341 e. The van der Waals surface area contributed by atoms with Gasteiger partial charge < -0.3 is 10.2 Å². The number of carbonyl (C=O) groups excluding carboxylic acids is 2. The van der Waals surface area contributed by atoms with Gasteiger partial charge in [-0.15, -0.1) is 0 Å². The zero-order chi connectivity index (χ0) is 16.5. The van der Waals surface area contributed by atoms with Gasteiger partial charge in [-0.2, -0.15) is 0 Å². The van der Waals surface area contributed by atoms with Crippen molar-refractivity contribution in [1.82, 2.24) is 10.2 Å². The predicted octanol–water partition coefficient (Wildman–Crippen LogP) is 3.23. The van der Waals surface area contributed by atoms with Crippen molar-refractivity contribution in [3.05, 3.63) is 12.3 Å². The van der Waals surface area contributed by atoms with Gasteiger partial charge in [-0.1, -0.05) is 53.0 Å². The third-order valence-electron chi connectivity index (χ3n) is 5.15. The van der Waals surface area contributed by atoms with Crippen LogP contribution in [-0.2, 0) is 9.59 Å². The highest BCUT2D eigenvalue weighted by molar-refractivity contribution is 5.94. The first-order valence-electron chi connectivity index (χ1n) is 8.50. The highest BCUT2D eigenvalue weighted by atomic mass is 16.2. The molecule has 1 aliphatic carbocycles. The SMILES string of the molecule is CC1C=CN(C2CCCCC2)C(=O)C1(C)NC(=O)C(C)(C)C. The van der Waals surface area contributed by atoms with Crippen molar-refractivity contribution in [3.63, 3.8) is 0 Å². The molecule has 0 spiro atoms. The summed E-state index contributed by atoms with van der Waals surface area (Å²) in [6.45, 7) is 9.48. The minimum atomic E-state index is -0.851. The lowest BCUT2D eigenvalue weighted by Crippen LogP contribution is -2.64. The minimum absolute atomic E-state index is 0.00820.